The fourth-order valence-electron chi connectivity index (χ4n) is 3.82. The van der Waals surface area contributed by atoms with Crippen LogP contribution >= 0.6 is 11.6 Å². The van der Waals surface area contributed by atoms with Crippen molar-refractivity contribution in [2.75, 3.05) is 10.8 Å². The van der Waals surface area contributed by atoms with E-state index in [0.717, 1.165) is 34.1 Å². The molecule has 0 aliphatic carbocycles. The summed E-state index contributed by atoms with van der Waals surface area (Å²) in [5.41, 5.74) is 1.34. The standard InChI is InChI=1S/C29H33ClFN3O4S/c1-20-6-14-25(15-7-20)34(39(37,38)26-16-12-24(31)13-17-26)19-27(35)33(18-22-8-10-23(30)11-9-22)21(2)28(36)32-29(3,4)5/h6-17,21H,18-19H2,1-5H3,(H,32,36)/t21-/m1/s1. The smallest absolute Gasteiger partial charge is 0.264 e. The van der Waals surface area contributed by atoms with Crippen molar-refractivity contribution in [2.45, 2.75) is 57.6 Å². The van der Waals surface area contributed by atoms with Crippen LogP contribution in [0.1, 0.15) is 38.8 Å². The fraction of sp³-hybridized carbons (Fsp3) is 0.310. The molecule has 3 rings (SSSR count). The molecule has 7 nitrogen and oxygen atoms in total. The molecule has 0 radical (unpaired) electrons. The zero-order chi connectivity index (χ0) is 29.0. The highest BCUT2D eigenvalue weighted by atomic mass is 35.5. The van der Waals surface area contributed by atoms with Crippen LogP contribution in [0.3, 0.4) is 0 Å². The lowest BCUT2D eigenvalue weighted by atomic mass is 10.1. The quantitative estimate of drug-likeness (QED) is 0.376. The Balaban J connectivity index is 2.02. The molecule has 0 aromatic heterocycles. The van der Waals surface area contributed by atoms with Crippen LogP contribution in [0.5, 0.6) is 0 Å². The molecule has 1 N–H and O–H groups in total. The average Bonchev–Trinajstić information content (AvgIpc) is 2.86. The van der Waals surface area contributed by atoms with Crippen molar-refractivity contribution in [3.05, 3.63) is 94.8 Å². The SMILES string of the molecule is Cc1ccc(N(CC(=O)N(Cc2ccc(Cl)cc2)[C@H](C)C(=O)NC(C)(C)C)S(=O)(=O)c2ccc(F)cc2)cc1. The van der Waals surface area contributed by atoms with Gasteiger partial charge in [0.1, 0.15) is 18.4 Å². The van der Waals surface area contributed by atoms with E-state index in [1.807, 2.05) is 27.7 Å². The molecule has 0 saturated heterocycles. The summed E-state index contributed by atoms with van der Waals surface area (Å²) < 4.78 is 42.0. The predicted octanol–water partition coefficient (Wildman–Crippen LogP) is 5.31. The number of nitrogens with one attached hydrogen (secondary N) is 1. The average molecular weight is 574 g/mol. The van der Waals surface area contributed by atoms with Crippen molar-refractivity contribution >= 4 is 39.1 Å². The minimum Gasteiger partial charge on any atom is -0.350 e. The van der Waals surface area contributed by atoms with Crippen LogP contribution in [0.15, 0.2) is 77.7 Å². The van der Waals surface area contributed by atoms with Gasteiger partial charge >= 0.3 is 0 Å². The highest BCUT2D eigenvalue weighted by Crippen LogP contribution is 2.25. The van der Waals surface area contributed by atoms with Crippen LogP contribution in [0.4, 0.5) is 10.1 Å². The summed E-state index contributed by atoms with van der Waals surface area (Å²) in [5.74, 6) is -1.56. The van der Waals surface area contributed by atoms with Crippen molar-refractivity contribution in [1.82, 2.24) is 10.2 Å². The third-order valence-electron chi connectivity index (χ3n) is 5.93. The third-order valence-corrected chi connectivity index (χ3v) is 7.97. The molecule has 0 spiro atoms. The first-order valence-corrected chi connectivity index (χ1v) is 14.2. The zero-order valence-electron chi connectivity index (χ0n) is 22.6. The molecular weight excluding hydrogens is 541 g/mol. The maximum Gasteiger partial charge on any atom is 0.264 e. The van der Waals surface area contributed by atoms with Crippen molar-refractivity contribution in [3.8, 4) is 0 Å². The normalized spacial score (nSPS) is 12.5. The predicted molar refractivity (Wildman–Crippen MR) is 151 cm³/mol. The van der Waals surface area contributed by atoms with Gasteiger partial charge in [0.15, 0.2) is 0 Å². The monoisotopic (exact) mass is 573 g/mol. The maximum atomic E-state index is 13.9. The summed E-state index contributed by atoms with van der Waals surface area (Å²) in [6, 6.07) is 17.0. The topological polar surface area (TPSA) is 86.8 Å². The minimum atomic E-state index is -4.26. The number of hydrogen-bond acceptors (Lipinski definition) is 4. The van der Waals surface area contributed by atoms with E-state index < -0.39 is 39.9 Å². The number of hydrogen-bond donors (Lipinski definition) is 1. The van der Waals surface area contributed by atoms with Gasteiger partial charge in [-0.3, -0.25) is 13.9 Å². The molecule has 208 valence electrons. The third kappa shape index (κ3) is 8.03. The first-order chi connectivity index (χ1) is 18.2. The first kappa shape index (κ1) is 30.1. The second kappa shape index (κ2) is 12.2. The van der Waals surface area contributed by atoms with Crippen LogP contribution < -0.4 is 9.62 Å². The van der Waals surface area contributed by atoms with Crippen LogP contribution in [0.2, 0.25) is 5.02 Å². The van der Waals surface area contributed by atoms with Crippen LogP contribution in [-0.4, -0.2) is 43.3 Å². The van der Waals surface area contributed by atoms with Crippen LogP contribution in [0.25, 0.3) is 0 Å². The van der Waals surface area contributed by atoms with E-state index in [4.69, 9.17) is 11.6 Å². The molecule has 0 aliphatic rings. The number of benzene rings is 3. The summed E-state index contributed by atoms with van der Waals surface area (Å²) in [4.78, 5) is 28.1. The van der Waals surface area contributed by atoms with Gasteiger partial charge < -0.3 is 10.2 Å². The number of amides is 2. The number of anilines is 1. The number of rotatable bonds is 9. The van der Waals surface area contributed by atoms with Crippen molar-refractivity contribution < 1.29 is 22.4 Å². The fourth-order valence-corrected chi connectivity index (χ4v) is 5.36. The van der Waals surface area contributed by atoms with Crippen molar-refractivity contribution in [3.63, 3.8) is 0 Å². The van der Waals surface area contributed by atoms with Crippen LogP contribution in [0, 0.1) is 12.7 Å². The van der Waals surface area contributed by atoms with E-state index in [1.54, 1.807) is 55.5 Å². The Kier molecular flexibility index (Phi) is 9.40. The second-order valence-electron chi connectivity index (χ2n) is 10.4. The number of halogens is 2. The Hall–Kier alpha value is -3.43. The zero-order valence-corrected chi connectivity index (χ0v) is 24.2. The van der Waals surface area contributed by atoms with E-state index in [-0.39, 0.29) is 23.0 Å². The number of nitrogens with zero attached hydrogens (tertiary/aromatic N) is 2. The maximum absolute atomic E-state index is 13.9. The summed E-state index contributed by atoms with van der Waals surface area (Å²) in [6.45, 7) is 8.42. The molecule has 0 heterocycles. The van der Waals surface area contributed by atoms with E-state index in [0.29, 0.717) is 10.6 Å². The number of carbonyl (C=O) groups is 2. The van der Waals surface area contributed by atoms with Gasteiger partial charge in [-0.15, -0.1) is 0 Å². The minimum absolute atomic E-state index is 0.0487. The largest absolute Gasteiger partial charge is 0.350 e. The van der Waals surface area contributed by atoms with Gasteiger partial charge in [0.2, 0.25) is 11.8 Å². The Bertz CT molecular complexity index is 1400. The van der Waals surface area contributed by atoms with Crippen molar-refractivity contribution in [2.24, 2.45) is 0 Å². The van der Waals surface area contributed by atoms with E-state index in [9.17, 15) is 22.4 Å². The Morgan fingerprint density at radius 2 is 1.51 bits per heavy atom. The molecule has 0 fully saturated rings. The lowest BCUT2D eigenvalue weighted by molar-refractivity contribution is -0.140. The number of aryl methyl sites for hydroxylation is 1. The van der Waals surface area contributed by atoms with Gasteiger partial charge in [0, 0.05) is 17.1 Å². The molecule has 39 heavy (non-hydrogen) atoms. The van der Waals surface area contributed by atoms with Gasteiger partial charge in [-0.2, -0.15) is 0 Å². The summed E-state index contributed by atoms with van der Waals surface area (Å²) in [6.07, 6.45) is 0. The van der Waals surface area contributed by atoms with E-state index in [1.165, 1.54) is 4.90 Å². The summed E-state index contributed by atoms with van der Waals surface area (Å²) >= 11 is 6.02. The number of sulfonamides is 1. The van der Waals surface area contributed by atoms with Gasteiger partial charge in [0.25, 0.3) is 10.0 Å². The first-order valence-electron chi connectivity index (χ1n) is 12.4. The molecule has 0 unspecified atom stereocenters. The van der Waals surface area contributed by atoms with Gasteiger partial charge in [0.05, 0.1) is 10.6 Å². The molecule has 0 bridgehead atoms. The summed E-state index contributed by atoms with van der Waals surface area (Å²) in [5, 5.41) is 3.40. The molecule has 3 aromatic rings. The van der Waals surface area contributed by atoms with Crippen molar-refractivity contribution in [1.29, 1.82) is 0 Å². The van der Waals surface area contributed by atoms with Gasteiger partial charge in [-0.1, -0.05) is 41.4 Å². The Morgan fingerprint density at radius 3 is 2.05 bits per heavy atom. The Labute approximate surface area is 234 Å². The Morgan fingerprint density at radius 1 is 0.949 bits per heavy atom. The van der Waals surface area contributed by atoms with Gasteiger partial charge in [-0.05, 0) is 88.7 Å². The molecule has 0 saturated carbocycles. The second-order valence-corrected chi connectivity index (χ2v) is 12.7. The lowest BCUT2D eigenvalue weighted by Gasteiger charge is -2.33. The number of carbonyl (C=O) groups excluding carboxylic acids is 2. The van der Waals surface area contributed by atoms with E-state index >= 15 is 0 Å². The highest BCUT2D eigenvalue weighted by Gasteiger charge is 2.33. The molecule has 1 atom stereocenters. The highest BCUT2D eigenvalue weighted by molar-refractivity contribution is 7.92. The summed E-state index contributed by atoms with van der Waals surface area (Å²) in [7, 11) is -4.26. The lowest BCUT2D eigenvalue weighted by Crippen LogP contribution is -2.54. The molecule has 2 amide bonds. The molecule has 3 aromatic carbocycles. The molecule has 0 aliphatic heterocycles. The van der Waals surface area contributed by atoms with Gasteiger partial charge in [-0.25, -0.2) is 12.8 Å². The van der Waals surface area contributed by atoms with Crippen LogP contribution in [-0.2, 0) is 26.2 Å². The molecule has 10 heteroatoms. The van der Waals surface area contributed by atoms with E-state index in [2.05, 4.69) is 5.32 Å². The molecular formula is C29H33ClFN3O4S.